The van der Waals surface area contributed by atoms with E-state index in [1.54, 1.807) is 0 Å². The number of nitrogens with one attached hydrogen (secondary N) is 1. The van der Waals surface area contributed by atoms with E-state index in [2.05, 4.69) is 10.3 Å². The number of nitrogens with zero attached hydrogens (tertiary/aromatic N) is 2. The number of sulfonamides is 1. The predicted molar refractivity (Wildman–Crippen MR) is 77.2 cm³/mol. The van der Waals surface area contributed by atoms with E-state index in [0.717, 1.165) is 10.5 Å². The van der Waals surface area contributed by atoms with Crippen molar-refractivity contribution in [2.45, 2.75) is 6.04 Å². The molecule has 1 amide bonds. The third kappa shape index (κ3) is 4.21. The second-order valence-corrected chi connectivity index (χ2v) is 7.65. The van der Waals surface area contributed by atoms with Crippen molar-refractivity contribution in [1.82, 2.24) is 14.6 Å². The summed E-state index contributed by atoms with van der Waals surface area (Å²) in [5.41, 5.74) is -0.549. The van der Waals surface area contributed by atoms with Gasteiger partial charge in [-0.15, -0.1) is 0 Å². The van der Waals surface area contributed by atoms with Crippen LogP contribution in [0, 0.1) is 17.6 Å². The molecule has 1 aromatic rings. The van der Waals surface area contributed by atoms with Gasteiger partial charge in [-0.05, 0) is 0 Å². The Labute approximate surface area is 132 Å². The summed E-state index contributed by atoms with van der Waals surface area (Å²) >= 11 is 0. The fourth-order valence-corrected chi connectivity index (χ4v) is 3.33. The van der Waals surface area contributed by atoms with E-state index in [1.165, 1.54) is 14.1 Å². The summed E-state index contributed by atoms with van der Waals surface area (Å²) < 4.78 is 56.5. The Balaban J connectivity index is 2.08. The number of aromatic nitrogens is 1. The molecule has 1 saturated heterocycles. The number of halogens is 2. The van der Waals surface area contributed by atoms with Crippen LogP contribution in [-0.2, 0) is 14.8 Å². The molecule has 2 rings (SSSR count). The van der Waals surface area contributed by atoms with Crippen LogP contribution >= 0.6 is 0 Å². The molecule has 128 valence electrons. The minimum Gasteiger partial charge on any atom is -0.379 e. The topological polar surface area (TPSA) is 88.6 Å². The molecular weight excluding hydrogens is 332 g/mol. The summed E-state index contributed by atoms with van der Waals surface area (Å²) in [5.74, 6) is -3.48. The van der Waals surface area contributed by atoms with Gasteiger partial charge in [-0.2, -0.15) is 0 Å². The highest BCUT2D eigenvalue weighted by Gasteiger charge is 2.34. The third-order valence-corrected chi connectivity index (χ3v) is 5.48. The van der Waals surface area contributed by atoms with Crippen LogP contribution in [0.2, 0.25) is 0 Å². The van der Waals surface area contributed by atoms with Crippen LogP contribution in [-0.4, -0.2) is 62.7 Å². The average Bonchev–Trinajstić information content (AvgIpc) is 2.84. The maximum atomic E-state index is 13.6. The van der Waals surface area contributed by atoms with Crippen molar-refractivity contribution in [3.8, 4) is 0 Å². The third-order valence-electron chi connectivity index (χ3n) is 3.52. The van der Waals surface area contributed by atoms with Crippen LogP contribution in [0.5, 0.6) is 0 Å². The molecular formula is C13H17F2N3O4S. The van der Waals surface area contributed by atoms with Gasteiger partial charge in [0, 0.05) is 26.1 Å². The molecule has 0 aliphatic carbocycles. The Kier molecular flexibility index (Phi) is 5.27. The molecule has 10 heteroatoms. The van der Waals surface area contributed by atoms with E-state index < -0.39 is 45.2 Å². The summed E-state index contributed by atoms with van der Waals surface area (Å²) in [7, 11) is -0.640. The Hall–Kier alpha value is -1.65. The second kappa shape index (κ2) is 6.85. The van der Waals surface area contributed by atoms with Crippen molar-refractivity contribution in [2.24, 2.45) is 5.92 Å². The van der Waals surface area contributed by atoms with Crippen molar-refractivity contribution >= 4 is 15.9 Å². The highest BCUT2D eigenvalue weighted by molar-refractivity contribution is 7.89. The van der Waals surface area contributed by atoms with E-state index in [4.69, 9.17) is 4.74 Å². The van der Waals surface area contributed by atoms with Gasteiger partial charge in [0.15, 0.2) is 11.5 Å². The van der Waals surface area contributed by atoms with Gasteiger partial charge in [0.1, 0.15) is 5.82 Å². The van der Waals surface area contributed by atoms with Crippen molar-refractivity contribution in [2.75, 3.05) is 33.1 Å². The van der Waals surface area contributed by atoms with Gasteiger partial charge < -0.3 is 10.1 Å². The molecule has 0 spiro atoms. The van der Waals surface area contributed by atoms with Gasteiger partial charge in [-0.1, -0.05) is 0 Å². The summed E-state index contributed by atoms with van der Waals surface area (Å²) in [6.07, 6.45) is 0.733. The molecule has 2 heterocycles. The lowest BCUT2D eigenvalue weighted by molar-refractivity contribution is 0.0916. The zero-order valence-electron chi connectivity index (χ0n) is 12.6. The number of hydrogen-bond acceptors (Lipinski definition) is 5. The molecule has 7 nitrogen and oxygen atoms in total. The molecule has 1 fully saturated rings. The van der Waals surface area contributed by atoms with Gasteiger partial charge in [0.05, 0.1) is 31.2 Å². The fourth-order valence-electron chi connectivity index (χ4n) is 2.16. The molecule has 1 aromatic heterocycles. The van der Waals surface area contributed by atoms with Crippen molar-refractivity contribution in [1.29, 1.82) is 0 Å². The van der Waals surface area contributed by atoms with E-state index in [1.807, 2.05) is 0 Å². The number of amides is 1. The summed E-state index contributed by atoms with van der Waals surface area (Å²) in [6.45, 7) is 0.277. The molecule has 1 aliphatic rings. The average molecular weight is 349 g/mol. The smallest absolute Gasteiger partial charge is 0.273 e. The molecule has 0 radical (unpaired) electrons. The van der Waals surface area contributed by atoms with Gasteiger partial charge in [0.2, 0.25) is 10.0 Å². The molecule has 23 heavy (non-hydrogen) atoms. The van der Waals surface area contributed by atoms with Crippen LogP contribution in [0.4, 0.5) is 8.78 Å². The molecule has 0 bridgehead atoms. The first kappa shape index (κ1) is 17.7. The van der Waals surface area contributed by atoms with Crippen LogP contribution < -0.4 is 5.32 Å². The lowest BCUT2D eigenvalue weighted by Gasteiger charge is -2.20. The second-order valence-electron chi connectivity index (χ2n) is 5.42. The first-order valence-corrected chi connectivity index (χ1v) is 8.41. The van der Waals surface area contributed by atoms with Gasteiger partial charge in [-0.3, -0.25) is 4.79 Å². The monoisotopic (exact) mass is 349 g/mol. The van der Waals surface area contributed by atoms with Gasteiger partial charge >= 0.3 is 0 Å². The first-order chi connectivity index (χ1) is 10.7. The fraction of sp³-hybridized carbons (Fsp3) is 0.538. The molecule has 1 N–H and O–H groups in total. The summed E-state index contributed by atoms with van der Waals surface area (Å²) in [5, 5.41) is 2.50. The SMILES string of the molecule is CN(C)S(=O)(=O)C[C@@H]1COC[C@H]1NC(=O)c1ncc(F)cc1F. The van der Waals surface area contributed by atoms with Crippen LogP contribution in [0.1, 0.15) is 10.5 Å². The highest BCUT2D eigenvalue weighted by Crippen LogP contribution is 2.18. The van der Waals surface area contributed by atoms with Crippen molar-refractivity contribution in [3.05, 3.63) is 29.6 Å². The van der Waals surface area contributed by atoms with E-state index in [9.17, 15) is 22.0 Å². The van der Waals surface area contributed by atoms with Crippen molar-refractivity contribution < 1.29 is 26.7 Å². The Bertz CT molecular complexity index is 696. The number of pyridine rings is 1. The zero-order valence-corrected chi connectivity index (χ0v) is 13.4. The molecule has 1 aliphatic heterocycles. The number of carbonyl (C=O) groups is 1. The normalized spacial score (nSPS) is 21.6. The quantitative estimate of drug-likeness (QED) is 0.808. The summed E-state index contributed by atoms with van der Waals surface area (Å²) in [6, 6.07) is -0.0374. The van der Waals surface area contributed by atoms with E-state index in [-0.39, 0.29) is 19.0 Å². The Morgan fingerprint density at radius 3 is 2.74 bits per heavy atom. The Morgan fingerprint density at radius 1 is 1.43 bits per heavy atom. The largest absolute Gasteiger partial charge is 0.379 e. The minimum absolute atomic E-state index is 0.113. The van der Waals surface area contributed by atoms with Gasteiger partial charge in [-0.25, -0.2) is 26.5 Å². The number of ether oxygens (including phenoxy) is 1. The maximum absolute atomic E-state index is 13.6. The zero-order chi connectivity index (χ0) is 17.2. The summed E-state index contributed by atoms with van der Waals surface area (Å²) in [4.78, 5) is 15.4. The minimum atomic E-state index is -3.47. The number of hydrogen-bond donors (Lipinski definition) is 1. The Morgan fingerprint density at radius 2 is 2.13 bits per heavy atom. The van der Waals surface area contributed by atoms with E-state index >= 15 is 0 Å². The molecule has 0 unspecified atom stereocenters. The maximum Gasteiger partial charge on any atom is 0.273 e. The standard InChI is InChI=1S/C13H17F2N3O4S/c1-18(2)23(20,21)7-8-5-22-6-11(8)17-13(19)12-10(15)3-9(14)4-16-12/h3-4,8,11H,5-7H2,1-2H3,(H,17,19)/t8-,11+/m0/s1. The lowest BCUT2D eigenvalue weighted by Crippen LogP contribution is -2.44. The number of carbonyl (C=O) groups excluding carboxylic acids is 1. The lowest BCUT2D eigenvalue weighted by atomic mass is 10.1. The predicted octanol–water partition coefficient (Wildman–Crippen LogP) is -0.00400. The van der Waals surface area contributed by atoms with Crippen LogP contribution in [0.15, 0.2) is 12.3 Å². The van der Waals surface area contributed by atoms with Gasteiger partial charge in [0.25, 0.3) is 5.91 Å². The highest BCUT2D eigenvalue weighted by atomic mass is 32.2. The molecule has 2 atom stereocenters. The first-order valence-electron chi connectivity index (χ1n) is 6.80. The van der Waals surface area contributed by atoms with Crippen LogP contribution in [0.25, 0.3) is 0 Å². The van der Waals surface area contributed by atoms with Crippen molar-refractivity contribution in [3.63, 3.8) is 0 Å². The molecule has 0 aromatic carbocycles. The van der Waals surface area contributed by atoms with E-state index in [0.29, 0.717) is 6.07 Å². The number of rotatable bonds is 5. The molecule has 0 saturated carbocycles. The van der Waals surface area contributed by atoms with Crippen LogP contribution in [0.3, 0.4) is 0 Å².